The molecule has 0 saturated heterocycles. The average molecular weight is 304 g/mol. The Labute approximate surface area is 130 Å². The number of aliphatic hydroxyl groups is 1. The summed E-state index contributed by atoms with van der Waals surface area (Å²) >= 11 is 0. The molecule has 0 aliphatic rings. The van der Waals surface area contributed by atoms with Gasteiger partial charge < -0.3 is 15.2 Å². The van der Waals surface area contributed by atoms with Gasteiger partial charge in [-0.15, -0.1) is 0 Å². The van der Waals surface area contributed by atoms with Crippen LogP contribution in [0.4, 0.5) is 4.79 Å². The van der Waals surface area contributed by atoms with Crippen molar-refractivity contribution in [3.63, 3.8) is 0 Å². The Bertz CT molecular complexity index is 655. The summed E-state index contributed by atoms with van der Waals surface area (Å²) in [6, 6.07) is 7.41. The fraction of sp³-hybridized carbons (Fsp3) is 0.471. The molecule has 5 heteroatoms. The predicted octanol–water partition coefficient (Wildman–Crippen LogP) is 3.07. The number of carbonyl (C=O) groups excluding carboxylic acids is 1. The molecule has 0 radical (unpaired) electrons. The lowest BCUT2D eigenvalue weighted by Crippen LogP contribution is -2.26. The highest BCUT2D eigenvalue weighted by atomic mass is 16.6. The Morgan fingerprint density at radius 2 is 2.09 bits per heavy atom. The smallest absolute Gasteiger partial charge is 0.418 e. The third-order valence-electron chi connectivity index (χ3n) is 3.30. The Kier molecular flexibility index (Phi) is 4.88. The molecule has 1 unspecified atom stereocenters. The summed E-state index contributed by atoms with van der Waals surface area (Å²) in [6.45, 7) is 8.78. The van der Waals surface area contributed by atoms with Crippen molar-refractivity contribution >= 4 is 17.0 Å². The van der Waals surface area contributed by atoms with E-state index in [1.54, 1.807) is 6.20 Å². The number of aliphatic hydroxyl groups excluding tert-OH is 1. The zero-order valence-electron chi connectivity index (χ0n) is 13.6. The van der Waals surface area contributed by atoms with E-state index in [1.807, 2.05) is 52.0 Å². The molecule has 2 N–H and O–H groups in total. The largest absolute Gasteiger partial charge is 0.443 e. The number of nitrogens with one attached hydrogen (secondary N) is 1. The first-order chi connectivity index (χ1) is 10.3. The summed E-state index contributed by atoms with van der Waals surface area (Å²) in [5.74, 6) is 0. The van der Waals surface area contributed by atoms with Crippen molar-refractivity contribution in [3.8, 4) is 0 Å². The van der Waals surface area contributed by atoms with Crippen LogP contribution < -0.4 is 5.32 Å². The van der Waals surface area contributed by atoms with Gasteiger partial charge in [0, 0.05) is 18.1 Å². The molecule has 1 heterocycles. The number of fused-ring (bicyclic) bond motifs is 1. The molecule has 2 aromatic rings. The van der Waals surface area contributed by atoms with Crippen molar-refractivity contribution in [3.05, 3.63) is 36.0 Å². The average Bonchev–Trinajstić information content (AvgIpc) is 2.86. The predicted molar refractivity (Wildman–Crippen MR) is 87.1 cm³/mol. The molecular weight excluding hydrogens is 280 g/mol. The van der Waals surface area contributed by atoms with Crippen molar-refractivity contribution in [2.45, 2.75) is 39.4 Å². The number of nitrogens with zero attached hydrogens (tertiary/aromatic N) is 1. The minimum atomic E-state index is -0.613. The third kappa shape index (κ3) is 3.67. The van der Waals surface area contributed by atoms with Gasteiger partial charge in [-0.3, -0.25) is 4.57 Å². The highest BCUT2D eigenvalue weighted by molar-refractivity contribution is 5.91. The number of hydrogen-bond acceptors (Lipinski definition) is 4. The molecule has 120 valence electrons. The first-order valence-electron chi connectivity index (χ1n) is 7.55. The highest BCUT2D eigenvalue weighted by Crippen LogP contribution is 2.26. The summed E-state index contributed by atoms with van der Waals surface area (Å²) in [4.78, 5) is 12.3. The highest BCUT2D eigenvalue weighted by Gasteiger charge is 2.20. The Balaban J connectivity index is 2.35. The molecule has 0 bridgehead atoms. The Hall–Kier alpha value is -1.85. The van der Waals surface area contributed by atoms with E-state index in [9.17, 15) is 9.90 Å². The zero-order valence-corrected chi connectivity index (χ0v) is 13.6. The minimum Gasteiger partial charge on any atom is -0.443 e. The van der Waals surface area contributed by atoms with Gasteiger partial charge in [-0.05, 0) is 45.0 Å². The quantitative estimate of drug-likeness (QED) is 0.911. The second kappa shape index (κ2) is 6.50. The van der Waals surface area contributed by atoms with Crippen LogP contribution >= 0.6 is 0 Å². The van der Waals surface area contributed by atoms with E-state index in [2.05, 4.69) is 5.32 Å². The standard InChI is InChI=1S/C17H24N2O3/c1-5-18-11-15(20)13-7-6-8-14-12(13)9-10-19(14)16(21)22-17(2,3)4/h6-10,15,18,20H,5,11H2,1-4H3. The molecule has 0 saturated carbocycles. The summed E-state index contributed by atoms with van der Waals surface area (Å²) in [6.07, 6.45) is 0.654. The number of carbonyl (C=O) groups is 1. The van der Waals surface area contributed by atoms with Crippen molar-refractivity contribution in [2.75, 3.05) is 13.1 Å². The molecule has 0 fully saturated rings. The molecule has 0 aliphatic carbocycles. The van der Waals surface area contributed by atoms with Gasteiger partial charge >= 0.3 is 6.09 Å². The lowest BCUT2D eigenvalue weighted by atomic mass is 10.0. The monoisotopic (exact) mass is 304 g/mol. The van der Waals surface area contributed by atoms with E-state index < -0.39 is 17.8 Å². The van der Waals surface area contributed by atoms with Crippen LogP contribution in [0.2, 0.25) is 0 Å². The number of benzene rings is 1. The van der Waals surface area contributed by atoms with E-state index in [0.29, 0.717) is 6.54 Å². The fourth-order valence-electron chi connectivity index (χ4n) is 2.34. The van der Waals surface area contributed by atoms with Crippen LogP contribution in [0, 0.1) is 0 Å². The molecule has 1 aromatic heterocycles. The maximum absolute atomic E-state index is 12.3. The van der Waals surface area contributed by atoms with E-state index in [-0.39, 0.29) is 0 Å². The van der Waals surface area contributed by atoms with Crippen LogP contribution in [-0.4, -0.2) is 34.5 Å². The van der Waals surface area contributed by atoms with Crippen molar-refractivity contribution < 1.29 is 14.6 Å². The maximum Gasteiger partial charge on any atom is 0.418 e. The van der Waals surface area contributed by atoms with E-state index in [4.69, 9.17) is 4.74 Å². The van der Waals surface area contributed by atoms with Gasteiger partial charge in [0.2, 0.25) is 0 Å². The van der Waals surface area contributed by atoms with Gasteiger partial charge in [0.25, 0.3) is 0 Å². The Morgan fingerprint density at radius 3 is 2.73 bits per heavy atom. The van der Waals surface area contributed by atoms with E-state index in [0.717, 1.165) is 23.0 Å². The number of ether oxygens (including phenoxy) is 1. The maximum atomic E-state index is 12.3. The third-order valence-corrected chi connectivity index (χ3v) is 3.30. The fourth-order valence-corrected chi connectivity index (χ4v) is 2.34. The lowest BCUT2D eigenvalue weighted by Gasteiger charge is -2.20. The molecule has 1 atom stereocenters. The molecule has 5 nitrogen and oxygen atoms in total. The first kappa shape index (κ1) is 16.5. The van der Waals surface area contributed by atoms with Crippen LogP contribution in [0.5, 0.6) is 0 Å². The number of hydrogen-bond donors (Lipinski definition) is 2. The van der Waals surface area contributed by atoms with E-state index in [1.165, 1.54) is 4.57 Å². The molecule has 0 spiro atoms. The van der Waals surface area contributed by atoms with Gasteiger partial charge in [0.1, 0.15) is 5.60 Å². The van der Waals surface area contributed by atoms with Crippen LogP contribution in [0.25, 0.3) is 10.9 Å². The zero-order chi connectivity index (χ0) is 16.3. The minimum absolute atomic E-state index is 0.416. The Morgan fingerprint density at radius 1 is 1.36 bits per heavy atom. The van der Waals surface area contributed by atoms with Gasteiger partial charge in [0.15, 0.2) is 0 Å². The lowest BCUT2D eigenvalue weighted by molar-refractivity contribution is 0.0544. The molecule has 1 aromatic carbocycles. The van der Waals surface area contributed by atoms with Gasteiger partial charge in [-0.25, -0.2) is 4.79 Å². The first-order valence-corrected chi connectivity index (χ1v) is 7.55. The van der Waals surface area contributed by atoms with Gasteiger partial charge in [-0.1, -0.05) is 19.1 Å². The van der Waals surface area contributed by atoms with Crippen LogP contribution in [-0.2, 0) is 4.74 Å². The normalized spacial score (nSPS) is 13.3. The van der Waals surface area contributed by atoms with Crippen LogP contribution in [0.3, 0.4) is 0 Å². The number of likely N-dealkylation sites (N-methyl/N-ethyl adjacent to an activating group) is 1. The topological polar surface area (TPSA) is 63.5 Å². The van der Waals surface area contributed by atoms with Crippen molar-refractivity contribution in [1.82, 2.24) is 9.88 Å². The molecule has 2 rings (SSSR count). The molecule has 0 amide bonds. The summed E-state index contributed by atoms with van der Waals surface area (Å²) in [7, 11) is 0. The second-order valence-corrected chi connectivity index (χ2v) is 6.27. The molecule has 0 aliphatic heterocycles. The SMILES string of the molecule is CCNCC(O)c1cccc2c1ccn2C(=O)OC(C)(C)C. The molecule has 22 heavy (non-hydrogen) atoms. The number of aromatic nitrogens is 1. The van der Waals surface area contributed by atoms with Crippen LogP contribution in [0.1, 0.15) is 39.4 Å². The summed E-state index contributed by atoms with van der Waals surface area (Å²) in [5.41, 5.74) is 0.999. The number of rotatable bonds is 4. The van der Waals surface area contributed by atoms with Gasteiger partial charge in [-0.2, -0.15) is 0 Å². The van der Waals surface area contributed by atoms with Crippen LogP contribution in [0.15, 0.2) is 30.5 Å². The summed E-state index contributed by atoms with van der Waals surface area (Å²) < 4.78 is 6.88. The van der Waals surface area contributed by atoms with E-state index >= 15 is 0 Å². The molecular formula is C17H24N2O3. The van der Waals surface area contributed by atoms with Crippen molar-refractivity contribution in [2.24, 2.45) is 0 Å². The van der Waals surface area contributed by atoms with Crippen molar-refractivity contribution in [1.29, 1.82) is 0 Å². The van der Waals surface area contributed by atoms with Gasteiger partial charge in [0.05, 0.1) is 11.6 Å². The summed E-state index contributed by atoms with van der Waals surface area (Å²) in [5, 5.41) is 14.3. The second-order valence-electron chi connectivity index (χ2n) is 6.27.